The molecule has 1 aromatic rings. The van der Waals surface area contributed by atoms with Crippen molar-refractivity contribution in [2.45, 2.75) is 52.7 Å². The van der Waals surface area contributed by atoms with Gasteiger partial charge in [0.25, 0.3) is 0 Å². The topological polar surface area (TPSA) is 59.4 Å². The number of rotatable bonds is 4. The van der Waals surface area contributed by atoms with E-state index in [1.54, 1.807) is 12.1 Å². The van der Waals surface area contributed by atoms with E-state index in [4.69, 9.17) is 9.84 Å². The van der Waals surface area contributed by atoms with E-state index in [0.29, 0.717) is 17.9 Å². The maximum absolute atomic E-state index is 10.8. The fraction of sp³-hybridized carbons (Fsp3) is 0.625. The molecule has 0 aliphatic heterocycles. The lowest BCUT2D eigenvalue weighted by molar-refractivity contribution is -0.0327. The van der Waals surface area contributed by atoms with Crippen molar-refractivity contribution in [2.75, 3.05) is 0 Å². The van der Waals surface area contributed by atoms with Crippen molar-refractivity contribution in [2.24, 2.45) is 11.3 Å². The van der Waals surface area contributed by atoms with Crippen molar-refractivity contribution in [3.63, 3.8) is 0 Å². The van der Waals surface area contributed by atoms with E-state index >= 15 is 0 Å². The molecule has 1 N–H and O–H groups in total. The predicted octanol–water partition coefficient (Wildman–Crippen LogP) is 3.51. The first-order valence-electron chi connectivity index (χ1n) is 7.15. The number of aromatic carboxylic acids is 1. The average molecular weight is 277 g/mol. The Morgan fingerprint density at radius 1 is 1.45 bits per heavy atom. The monoisotopic (exact) mass is 277 g/mol. The van der Waals surface area contributed by atoms with Crippen LogP contribution in [-0.2, 0) is 11.3 Å². The number of carboxylic acid groups (broad SMARTS) is 1. The van der Waals surface area contributed by atoms with Crippen LogP contribution in [0.1, 0.15) is 56.1 Å². The Balaban J connectivity index is 1.90. The number of nitrogens with zero attached hydrogens (tertiary/aromatic N) is 1. The van der Waals surface area contributed by atoms with Crippen molar-refractivity contribution in [1.82, 2.24) is 4.98 Å². The van der Waals surface area contributed by atoms with Gasteiger partial charge in [0.05, 0.1) is 24.0 Å². The van der Waals surface area contributed by atoms with Gasteiger partial charge < -0.3 is 9.84 Å². The van der Waals surface area contributed by atoms with Gasteiger partial charge in [0, 0.05) is 6.20 Å². The zero-order valence-corrected chi connectivity index (χ0v) is 12.4. The van der Waals surface area contributed by atoms with Crippen LogP contribution in [0.4, 0.5) is 0 Å². The van der Waals surface area contributed by atoms with Crippen LogP contribution in [0.3, 0.4) is 0 Å². The van der Waals surface area contributed by atoms with Gasteiger partial charge in [0.15, 0.2) is 0 Å². The second kappa shape index (κ2) is 5.92. The largest absolute Gasteiger partial charge is 0.478 e. The number of aromatic nitrogens is 1. The summed E-state index contributed by atoms with van der Waals surface area (Å²) in [5.74, 6) is -0.265. The Morgan fingerprint density at radius 2 is 2.20 bits per heavy atom. The van der Waals surface area contributed by atoms with Gasteiger partial charge in [-0.25, -0.2) is 4.79 Å². The maximum atomic E-state index is 10.8. The average Bonchev–Trinajstić information content (AvgIpc) is 2.34. The van der Waals surface area contributed by atoms with Gasteiger partial charge in [-0.05, 0) is 42.7 Å². The first-order chi connectivity index (χ1) is 9.35. The summed E-state index contributed by atoms with van der Waals surface area (Å²) in [7, 11) is 0. The van der Waals surface area contributed by atoms with Gasteiger partial charge in [0.1, 0.15) is 0 Å². The van der Waals surface area contributed by atoms with E-state index < -0.39 is 5.97 Å². The third-order valence-corrected chi connectivity index (χ3v) is 3.89. The fourth-order valence-corrected chi connectivity index (χ4v) is 3.23. The van der Waals surface area contributed by atoms with E-state index in [1.807, 2.05) is 0 Å². The summed E-state index contributed by atoms with van der Waals surface area (Å²) in [6, 6.07) is 3.29. The Labute approximate surface area is 120 Å². The lowest BCUT2D eigenvalue weighted by atomic mass is 9.71. The molecular weight excluding hydrogens is 254 g/mol. The number of hydrogen-bond donors (Lipinski definition) is 1. The molecule has 0 saturated heterocycles. The Morgan fingerprint density at radius 3 is 2.75 bits per heavy atom. The molecule has 0 spiro atoms. The quantitative estimate of drug-likeness (QED) is 0.915. The number of carboxylic acids is 1. The van der Waals surface area contributed by atoms with Gasteiger partial charge in [-0.3, -0.25) is 4.98 Å². The molecule has 2 atom stereocenters. The third-order valence-electron chi connectivity index (χ3n) is 3.89. The third kappa shape index (κ3) is 4.04. The van der Waals surface area contributed by atoms with E-state index in [1.165, 1.54) is 12.6 Å². The molecule has 1 saturated carbocycles. The summed E-state index contributed by atoms with van der Waals surface area (Å²) in [5, 5.41) is 8.82. The van der Waals surface area contributed by atoms with Gasteiger partial charge in [-0.1, -0.05) is 20.8 Å². The molecule has 1 heterocycles. The molecule has 4 heteroatoms. The minimum atomic E-state index is -0.951. The van der Waals surface area contributed by atoms with E-state index in [0.717, 1.165) is 18.5 Å². The van der Waals surface area contributed by atoms with Crippen LogP contribution in [0, 0.1) is 11.3 Å². The molecule has 2 unspecified atom stereocenters. The molecule has 1 aliphatic carbocycles. The molecule has 0 radical (unpaired) electrons. The minimum absolute atomic E-state index is 0.209. The molecule has 0 aromatic carbocycles. The minimum Gasteiger partial charge on any atom is -0.478 e. The summed E-state index contributed by atoms with van der Waals surface area (Å²) in [5.41, 5.74) is 1.33. The summed E-state index contributed by atoms with van der Waals surface area (Å²) in [6.45, 7) is 7.31. The molecular formula is C16H23NO3. The van der Waals surface area contributed by atoms with Crippen LogP contribution in [-0.4, -0.2) is 22.2 Å². The highest BCUT2D eigenvalue weighted by molar-refractivity contribution is 5.87. The van der Waals surface area contributed by atoms with Crippen molar-refractivity contribution >= 4 is 5.97 Å². The SMILES string of the molecule is CC1CC(OCc2ccc(C(=O)O)cn2)CC(C)(C)C1. The number of ether oxygens (including phenoxy) is 1. The smallest absolute Gasteiger partial charge is 0.337 e. The molecule has 0 bridgehead atoms. The number of hydrogen-bond acceptors (Lipinski definition) is 3. The summed E-state index contributed by atoms with van der Waals surface area (Å²) < 4.78 is 5.97. The van der Waals surface area contributed by atoms with Crippen LogP contribution < -0.4 is 0 Å². The molecule has 110 valence electrons. The number of carbonyl (C=O) groups is 1. The summed E-state index contributed by atoms with van der Waals surface area (Å²) >= 11 is 0. The van der Waals surface area contributed by atoms with Gasteiger partial charge in [0.2, 0.25) is 0 Å². The highest BCUT2D eigenvalue weighted by Gasteiger charge is 2.32. The highest BCUT2D eigenvalue weighted by Crippen LogP contribution is 2.39. The number of pyridine rings is 1. The predicted molar refractivity (Wildman–Crippen MR) is 76.6 cm³/mol. The van der Waals surface area contributed by atoms with Crippen molar-refractivity contribution < 1.29 is 14.6 Å². The van der Waals surface area contributed by atoms with Crippen LogP contribution >= 0.6 is 0 Å². The van der Waals surface area contributed by atoms with Gasteiger partial charge >= 0.3 is 5.97 Å². The second-order valence-corrected chi connectivity index (χ2v) is 6.69. The molecule has 2 rings (SSSR count). The fourth-order valence-electron chi connectivity index (χ4n) is 3.23. The molecule has 4 nitrogen and oxygen atoms in total. The zero-order chi connectivity index (χ0) is 14.8. The first-order valence-corrected chi connectivity index (χ1v) is 7.15. The Bertz CT molecular complexity index is 467. The standard InChI is InChI=1S/C16H23NO3/c1-11-6-14(8-16(2,3)7-11)20-10-13-5-4-12(9-17-13)15(18)19/h4-5,9,11,14H,6-8,10H2,1-3H3,(H,18,19). The lowest BCUT2D eigenvalue weighted by Gasteiger charge is -2.38. The van der Waals surface area contributed by atoms with E-state index in [2.05, 4.69) is 25.8 Å². The molecule has 0 amide bonds. The lowest BCUT2D eigenvalue weighted by Crippen LogP contribution is -2.32. The Hall–Kier alpha value is -1.42. The normalized spacial score (nSPS) is 25.4. The van der Waals surface area contributed by atoms with Crippen LogP contribution in [0.25, 0.3) is 0 Å². The Kier molecular flexibility index (Phi) is 4.43. The van der Waals surface area contributed by atoms with Crippen LogP contribution in [0.5, 0.6) is 0 Å². The van der Waals surface area contributed by atoms with Crippen molar-refractivity contribution in [1.29, 1.82) is 0 Å². The van der Waals surface area contributed by atoms with Crippen LogP contribution in [0.2, 0.25) is 0 Å². The molecule has 20 heavy (non-hydrogen) atoms. The van der Waals surface area contributed by atoms with Crippen LogP contribution in [0.15, 0.2) is 18.3 Å². The highest BCUT2D eigenvalue weighted by atomic mass is 16.5. The van der Waals surface area contributed by atoms with E-state index in [-0.39, 0.29) is 11.7 Å². The van der Waals surface area contributed by atoms with Gasteiger partial charge in [-0.15, -0.1) is 0 Å². The molecule has 1 aromatic heterocycles. The summed E-state index contributed by atoms with van der Waals surface area (Å²) in [4.78, 5) is 14.9. The van der Waals surface area contributed by atoms with E-state index in [9.17, 15) is 4.79 Å². The van der Waals surface area contributed by atoms with Crippen molar-refractivity contribution in [3.05, 3.63) is 29.6 Å². The van der Waals surface area contributed by atoms with Gasteiger partial charge in [-0.2, -0.15) is 0 Å². The second-order valence-electron chi connectivity index (χ2n) is 6.69. The summed E-state index contributed by atoms with van der Waals surface area (Å²) in [6.07, 6.45) is 5.07. The molecule has 1 aliphatic rings. The zero-order valence-electron chi connectivity index (χ0n) is 12.4. The molecule has 1 fully saturated rings. The first kappa shape index (κ1) is 15.0. The van der Waals surface area contributed by atoms with Crippen molar-refractivity contribution in [3.8, 4) is 0 Å². The maximum Gasteiger partial charge on any atom is 0.337 e.